The molecule has 0 spiro atoms. The van der Waals surface area contributed by atoms with Crippen LogP contribution in [0.1, 0.15) is 24.4 Å². The van der Waals surface area contributed by atoms with Gasteiger partial charge in [0.15, 0.2) is 0 Å². The minimum atomic E-state index is 0.160. The average molecular weight is 363 g/mol. The number of ether oxygens (including phenoxy) is 1. The molecule has 0 unspecified atom stereocenters. The van der Waals surface area contributed by atoms with Crippen molar-refractivity contribution in [3.63, 3.8) is 0 Å². The Morgan fingerprint density at radius 1 is 0.923 bits per heavy atom. The van der Waals surface area contributed by atoms with Gasteiger partial charge in [-0.1, -0.05) is 54.1 Å². The van der Waals surface area contributed by atoms with Crippen LogP contribution in [0, 0.1) is 0 Å². The Morgan fingerprint density at radius 2 is 1.62 bits per heavy atom. The fraction of sp³-hybridized carbons (Fsp3) is 0.136. The first kappa shape index (κ1) is 16.7. The first-order chi connectivity index (χ1) is 12.7. The predicted octanol–water partition coefficient (Wildman–Crippen LogP) is 5.88. The zero-order valence-corrected chi connectivity index (χ0v) is 15.2. The summed E-state index contributed by atoms with van der Waals surface area (Å²) in [7, 11) is 0. The number of nitrogens with zero attached hydrogens (tertiary/aromatic N) is 2. The van der Waals surface area contributed by atoms with E-state index in [-0.39, 0.29) is 6.04 Å². The smallest absolute Gasteiger partial charge is 0.148 e. The second-order valence-corrected chi connectivity index (χ2v) is 6.65. The molecule has 0 amide bonds. The third-order valence-corrected chi connectivity index (χ3v) is 4.77. The number of para-hydroxylation sites is 2. The van der Waals surface area contributed by atoms with Gasteiger partial charge < -0.3 is 9.30 Å². The van der Waals surface area contributed by atoms with Crippen LogP contribution < -0.4 is 4.74 Å². The van der Waals surface area contributed by atoms with Gasteiger partial charge >= 0.3 is 0 Å². The molecule has 0 aliphatic heterocycles. The highest BCUT2D eigenvalue weighted by Gasteiger charge is 2.17. The van der Waals surface area contributed by atoms with Crippen LogP contribution in [-0.2, 0) is 6.61 Å². The number of benzene rings is 3. The van der Waals surface area contributed by atoms with Gasteiger partial charge in [0.05, 0.1) is 17.1 Å². The molecule has 0 aliphatic carbocycles. The summed E-state index contributed by atoms with van der Waals surface area (Å²) >= 11 is 5.94. The van der Waals surface area contributed by atoms with Crippen molar-refractivity contribution in [3.8, 4) is 5.75 Å². The highest BCUT2D eigenvalue weighted by molar-refractivity contribution is 6.30. The van der Waals surface area contributed by atoms with Crippen molar-refractivity contribution in [2.75, 3.05) is 0 Å². The molecule has 130 valence electrons. The molecule has 0 radical (unpaired) electrons. The summed E-state index contributed by atoms with van der Waals surface area (Å²) in [5.41, 5.74) is 3.33. The van der Waals surface area contributed by atoms with Crippen LogP contribution >= 0.6 is 11.6 Å². The summed E-state index contributed by atoms with van der Waals surface area (Å²) < 4.78 is 8.21. The molecule has 0 saturated carbocycles. The lowest BCUT2D eigenvalue weighted by Crippen LogP contribution is -2.12. The summed E-state index contributed by atoms with van der Waals surface area (Å²) in [4.78, 5) is 4.80. The zero-order chi connectivity index (χ0) is 17.9. The Bertz CT molecular complexity index is 1010. The maximum atomic E-state index is 5.96. The molecule has 4 heteroatoms. The van der Waals surface area contributed by atoms with Gasteiger partial charge in [0.2, 0.25) is 0 Å². The number of hydrogen-bond donors (Lipinski definition) is 0. The van der Waals surface area contributed by atoms with Crippen LogP contribution in [0.15, 0.2) is 78.9 Å². The average Bonchev–Trinajstić information content (AvgIpc) is 3.06. The number of rotatable bonds is 5. The van der Waals surface area contributed by atoms with Crippen LogP contribution in [0.2, 0.25) is 5.02 Å². The van der Waals surface area contributed by atoms with E-state index in [0.29, 0.717) is 11.6 Å². The van der Waals surface area contributed by atoms with Gasteiger partial charge in [0.1, 0.15) is 18.2 Å². The molecule has 26 heavy (non-hydrogen) atoms. The Balaban J connectivity index is 1.70. The van der Waals surface area contributed by atoms with Gasteiger partial charge in [0.25, 0.3) is 0 Å². The maximum Gasteiger partial charge on any atom is 0.148 e. The van der Waals surface area contributed by atoms with E-state index >= 15 is 0 Å². The van der Waals surface area contributed by atoms with Crippen molar-refractivity contribution < 1.29 is 4.74 Å². The van der Waals surface area contributed by atoms with Gasteiger partial charge in [-0.15, -0.1) is 0 Å². The summed E-state index contributed by atoms with van der Waals surface area (Å²) in [5, 5.41) is 0.697. The number of imidazole rings is 1. The fourth-order valence-electron chi connectivity index (χ4n) is 3.19. The van der Waals surface area contributed by atoms with Crippen LogP contribution in [0.4, 0.5) is 0 Å². The monoisotopic (exact) mass is 362 g/mol. The number of aromatic nitrogens is 2. The van der Waals surface area contributed by atoms with Gasteiger partial charge in [-0.3, -0.25) is 0 Å². The molecule has 1 atom stereocenters. The lowest BCUT2D eigenvalue weighted by atomic mass is 10.1. The molecule has 4 rings (SSSR count). The Morgan fingerprint density at radius 3 is 2.38 bits per heavy atom. The van der Waals surface area contributed by atoms with Crippen LogP contribution in [0.3, 0.4) is 0 Å². The topological polar surface area (TPSA) is 27.1 Å². The minimum absolute atomic E-state index is 0.160. The van der Waals surface area contributed by atoms with E-state index in [2.05, 4.69) is 41.8 Å². The van der Waals surface area contributed by atoms with Crippen molar-refractivity contribution in [3.05, 3.63) is 95.3 Å². The molecule has 0 bridgehead atoms. The largest absolute Gasteiger partial charge is 0.486 e. The summed E-state index contributed by atoms with van der Waals surface area (Å²) in [6.07, 6.45) is 0. The molecule has 4 aromatic rings. The third-order valence-electron chi connectivity index (χ3n) is 4.52. The zero-order valence-electron chi connectivity index (χ0n) is 14.5. The van der Waals surface area contributed by atoms with E-state index in [4.69, 9.17) is 21.3 Å². The fourth-order valence-corrected chi connectivity index (χ4v) is 3.31. The first-order valence-electron chi connectivity index (χ1n) is 8.61. The number of hydrogen-bond acceptors (Lipinski definition) is 2. The van der Waals surface area contributed by atoms with Crippen LogP contribution in [0.5, 0.6) is 5.75 Å². The minimum Gasteiger partial charge on any atom is -0.486 e. The normalized spacial score (nSPS) is 12.2. The molecule has 0 N–H and O–H groups in total. The number of fused-ring (bicyclic) bond motifs is 1. The lowest BCUT2D eigenvalue weighted by molar-refractivity contribution is 0.288. The third kappa shape index (κ3) is 3.31. The van der Waals surface area contributed by atoms with E-state index < -0.39 is 0 Å². The Labute approximate surface area is 157 Å². The van der Waals surface area contributed by atoms with Crippen molar-refractivity contribution in [2.24, 2.45) is 0 Å². The number of halogens is 1. The summed E-state index contributed by atoms with van der Waals surface area (Å²) in [6, 6.07) is 26.2. The van der Waals surface area contributed by atoms with Crippen molar-refractivity contribution >= 4 is 22.6 Å². The second-order valence-electron chi connectivity index (χ2n) is 6.22. The van der Waals surface area contributed by atoms with E-state index in [1.807, 2.05) is 48.5 Å². The molecule has 3 nitrogen and oxygen atoms in total. The van der Waals surface area contributed by atoms with E-state index in [0.717, 1.165) is 22.6 Å². The van der Waals surface area contributed by atoms with Gasteiger partial charge in [0, 0.05) is 5.02 Å². The highest BCUT2D eigenvalue weighted by Crippen LogP contribution is 2.27. The molecule has 0 aliphatic rings. The van der Waals surface area contributed by atoms with E-state index in [1.165, 1.54) is 5.56 Å². The van der Waals surface area contributed by atoms with E-state index in [1.54, 1.807) is 0 Å². The predicted molar refractivity (Wildman–Crippen MR) is 106 cm³/mol. The SMILES string of the molecule is C[C@H](c1ccccc1)n1c(COc2ccc(Cl)cc2)nc2ccccc21. The summed E-state index contributed by atoms with van der Waals surface area (Å²) in [6.45, 7) is 2.59. The standard InChI is InChI=1S/C22H19ClN2O/c1-16(17-7-3-2-4-8-17)25-21-10-6-5-9-20(21)24-22(25)15-26-19-13-11-18(23)12-14-19/h2-14,16H,15H2,1H3/t16-/m1/s1. The van der Waals surface area contributed by atoms with E-state index in [9.17, 15) is 0 Å². The van der Waals surface area contributed by atoms with Gasteiger partial charge in [-0.25, -0.2) is 4.98 Å². The van der Waals surface area contributed by atoms with Crippen LogP contribution in [-0.4, -0.2) is 9.55 Å². The molecule has 0 fully saturated rings. The molecular formula is C22H19ClN2O. The first-order valence-corrected chi connectivity index (χ1v) is 8.99. The Kier molecular flexibility index (Phi) is 4.63. The Hall–Kier alpha value is -2.78. The molecule has 1 aromatic heterocycles. The van der Waals surface area contributed by atoms with Gasteiger partial charge in [-0.05, 0) is 48.9 Å². The maximum absolute atomic E-state index is 5.96. The molecule has 1 heterocycles. The molecule has 0 saturated heterocycles. The quantitative estimate of drug-likeness (QED) is 0.443. The van der Waals surface area contributed by atoms with Crippen molar-refractivity contribution in [1.82, 2.24) is 9.55 Å². The highest BCUT2D eigenvalue weighted by atomic mass is 35.5. The van der Waals surface area contributed by atoms with Crippen LogP contribution in [0.25, 0.3) is 11.0 Å². The molecular weight excluding hydrogens is 344 g/mol. The van der Waals surface area contributed by atoms with Gasteiger partial charge in [-0.2, -0.15) is 0 Å². The van der Waals surface area contributed by atoms with Crippen molar-refractivity contribution in [2.45, 2.75) is 19.6 Å². The second kappa shape index (κ2) is 7.22. The lowest BCUT2D eigenvalue weighted by Gasteiger charge is -2.18. The molecule has 3 aromatic carbocycles. The summed E-state index contributed by atoms with van der Waals surface area (Å²) in [5.74, 6) is 1.68. The van der Waals surface area contributed by atoms with Crippen molar-refractivity contribution in [1.29, 1.82) is 0 Å².